The fourth-order valence-electron chi connectivity index (χ4n) is 7.57. The molecule has 0 bridgehead atoms. The zero-order chi connectivity index (χ0) is 49.8. The van der Waals surface area contributed by atoms with Crippen LogP contribution >= 0.6 is 15.6 Å². The van der Waals surface area contributed by atoms with Crippen molar-refractivity contribution >= 4 is 33.1 Å². The Morgan fingerprint density at radius 1 is 0.609 bits per heavy atom. The van der Waals surface area contributed by atoms with Crippen LogP contribution in [0.25, 0.3) is 0 Å². The fraction of sp³-hybridized carbons (Fsp3) is 0.657. The van der Waals surface area contributed by atoms with Crippen LogP contribution in [0.15, 0.2) is 51.2 Å². The first-order chi connectivity index (χ1) is 32.7. The van der Waals surface area contributed by atoms with Crippen LogP contribution in [0.3, 0.4) is 0 Å². The van der Waals surface area contributed by atoms with Crippen LogP contribution in [0.5, 0.6) is 0 Å². The maximum Gasteiger partial charge on any atom is 0.474 e. The number of rotatable bonds is 21. The van der Waals surface area contributed by atoms with Crippen LogP contribution in [0.1, 0.15) is 37.9 Å². The average molecular weight is 1030 g/mol. The molecule has 16 atom stereocenters. The van der Waals surface area contributed by atoms with E-state index in [0.29, 0.717) is 0 Å². The number of hydrogen-bond donors (Lipinski definition) is 10. The molecule has 384 valence electrons. The van der Waals surface area contributed by atoms with E-state index in [1.165, 1.54) is 36.8 Å². The summed E-state index contributed by atoms with van der Waals surface area (Å²) in [4.78, 5) is 69.2. The predicted molar refractivity (Wildman–Crippen MR) is 223 cm³/mol. The summed E-state index contributed by atoms with van der Waals surface area (Å²) in [6, 6.07) is 4.00. The summed E-state index contributed by atoms with van der Waals surface area (Å²) < 4.78 is 88.6. The Bertz CT molecular complexity index is 2510. The number of phosphoric ester groups is 2. The van der Waals surface area contributed by atoms with Gasteiger partial charge in [0.05, 0.1) is 38.6 Å². The van der Waals surface area contributed by atoms with Crippen LogP contribution in [-0.4, -0.2) is 171 Å². The monoisotopic (exact) mass is 1030 g/mol. The molecule has 4 aliphatic heterocycles. The Kier molecular flexibility index (Phi) is 17.1. The van der Waals surface area contributed by atoms with Crippen molar-refractivity contribution in [2.75, 3.05) is 57.2 Å². The van der Waals surface area contributed by atoms with Gasteiger partial charge in [0.1, 0.15) is 85.0 Å². The number of aliphatic hydroxyl groups is 5. The third-order valence-electron chi connectivity index (χ3n) is 11.0. The molecule has 0 aromatic carbocycles. The Balaban J connectivity index is 0.907. The standard InChI is InChI=1S/C35H51N9O23P2/c36-23-1-4-42(33(50)39-23)26-7-16(46)20(62-26)11-57-14-60-68(53,54)66-18-9-28(44-6-3-25(38)41-35(44)52)64-22(18)12-58-15-61-69(55,56)67-31-29(48)19(10-45)65-32(30(31)49)59-13-21-17(47)8-27(63-21)43-5-2-24(37)40-34(43)51/h1-6,16-22,26-32,45-49H,7-15H2,(H,53,54)(H,55,56)(H2,36,39,50)(H2,37,40,51)(H2,38,41,52)/t16-,17-,18-,19+,20+,21+,22+,26+,27-,28+,29+,30+,31-,32+/m0/s1. The Hall–Kier alpha value is -4.22. The highest BCUT2D eigenvalue weighted by Crippen LogP contribution is 2.49. The molecule has 4 saturated heterocycles. The van der Waals surface area contributed by atoms with E-state index < -0.39 is 152 Å². The summed E-state index contributed by atoms with van der Waals surface area (Å²) >= 11 is 0. The molecule has 0 radical (unpaired) electrons. The SMILES string of the molecule is Nc1ccn([C@@H]2C[C@H](O)[C@@H](CO[C@@H]3O[C@H](CO)[C@@H](O)[C@H](OP(=O)(O)OCOC[C@H]4O[C@@H](n5ccc(N)nc5=O)C[C@@H]4OP(=O)(O)OCOC[C@H]4O[C@@H](n5ccc(N)nc5=O)C[C@@H]4O)[C@H]3O)O2)c(=O)n1. The van der Waals surface area contributed by atoms with Gasteiger partial charge in [-0.15, -0.1) is 0 Å². The molecule has 32 nitrogen and oxygen atoms in total. The van der Waals surface area contributed by atoms with Crippen molar-refractivity contribution in [1.29, 1.82) is 0 Å². The highest BCUT2D eigenvalue weighted by Gasteiger charge is 2.50. The van der Waals surface area contributed by atoms with E-state index in [9.17, 15) is 58.8 Å². The third-order valence-corrected chi connectivity index (χ3v) is 12.9. The van der Waals surface area contributed by atoms with Gasteiger partial charge in [-0.25, -0.2) is 23.5 Å². The van der Waals surface area contributed by atoms with E-state index in [1.807, 2.05) is 0 Å². The molecule has 13 N–H and O–H groups in total. The van der Waals surface area contributed by atoms with Gasteiger partial charge in [0, 0.05) is 37.9 Å². The topological polar surface area (TPSA) is 460 Å². The summed E-state index contributed by atoms with van der Waals surface area (Å²) in [6.45, 7) is -4.25. The zero-order valence-electron chi connectivity index (χ0n) is 35.9. The van der Waals surface area contributed by atoms with Crippen molar-refractivity contribution in [2.45, 2.75) is 105 Å². The van der Waals surface area contributed by atoms with Gasteiger partial charge in [-0.1, -0.05) is 0 Å². The molecule has 69 heavy (non-hydrogen) atoms. The molecule has 2 unspecified atom stereocenters. The molecule has 3 aromatic heterocycles. The van der Waals surface area contributed by atoms with Gasteiger partial charge in [0.15, 0.2) is 19.9 Å². The summed E-state index contributed by atoms with van der Waals surface area (Å²) in [6.07, 6.45) is -15.9. The van der Waals surface area contributed by atoms with E-state index >= 15 is 0 Å². The second kappa shape index (κ2) is 22.5. The second-order valence-corrected chi connectivity index (χ2v) is 18.6. The molecule has 0 aliphatic carbocycles. The molecule has 4 fully saturated rings. The largest absolute Gasteiger partial charge is 0.474 e. The van der Waals surface area contributed by atoms with Crippen molar-refractivity contribution in [3.05, 3.63) is 68.2 Å². The number of phosphoric acid groups is 2. The number of nitrogens with two attached hydrogens (primary N) is 3. The van der Waals surface area contributed by atoms with Gasteiger partial charge < -0.3 is 85.7 Å². The average Bonchev–Trinajstić information content (AvgIpc) is 3.97. The Morgan fingerprint density at radius 2 is 1.04 bits per heavy atom. The summed E-state index contributed by atoms with van der Waals surface area (Å²) in [7, 11) is -10.3. The first-order valence-corrected chi connectivity index (χ1v) is 23.8. The minimum absolute atomic E-state index is 0.00946. The number of ether oxygens (including phenoxy) is 7. The van der Waals surface area contributed by atoms with E-state index in [1.54, 1.807) is 0 Å². The number of hydrogen-bond acceptors (Lipinski definition) is 27. The van der Waals surface area contributed by atoms with Gasteiger partial charge in [-0.2, -0.15) is 15.0 Å². The van der Waals surface area contributed by atoms with Crippen molar-refractivity contribution < 1.29 is 95.7 Å². The van der Waals surface area contributed by atoms with Gasteiger partial charge in [0.25, 0.3) is 0 Å². The summed E-state index contributed by atoms with van der Waals surface area (Å²) in [5.41, 5.74) is 14.3. The van der Waals surface area contributed by atoms with Crippen LogP contribution in [0.4, 0.5) is 17.5 Å². The lowest BCUT2D eigenvalue weighted by Gasteiger charge is -2.41. The van der Waals surface area contributed by atoms with Crippen LogP contribution in [0, 0.1) is 0 Å². The highest BCUT2D eigenvalue weighted by atomic mass is 31.2. The highest BCUT2D eigenvalue weighted by molar-refractivity contribution is 7.47. The van der Waals surface area contributed by atoms with E-state index in [0.717, 1.165) is 13.7 Å². The molecule has 0 spiro atoms. The van der Waals surface area contributed by atoms with Gasteiger partial charge in [-0.05, 0) is 18.2 Å². The van der Waals surface area contributed by atoms with Crippen molar-refractivity contribution in [2.24, 2.45) is 0 Å². The summed E-state index contributed by atoms with van der Waals surface area (Å²) in [5, 5.41) is 52.7. The quantitative estimate of drug-likeness (QED) is 0.0273. The predicted octanol–water partition coefficient (Wildman–Crippen LogP) is -4.50. The lowest BCUT2D eigenvalue weighted by atomic mass is 9.99. The minimum atomic E-state index is -5.28. The maximum atomic E-state index is 13.1. The Morgan fingerprint density at radius 3 is 1.52 bits per heavy atom. The smallest absolute Gasteiger partial charge is 0.394 e. The van der Waals surface area contributed by atoms with E-state index in [-0.39, 0.29) is 43.3 Å². The Labute approximate surface area is 387 Å². The maximum absolute atomic E-state index is 13.1. The lowest BCUT2D eigenvalue weighted by molar-refractivity contribution is -0.304. The van der Waals surface area contributed by atoms with Crippen molar-refractivity contribution in [1.82, 2.24) is 28.7 Å². The molecular formula is C35H51N9O23P2. The van der Waals surface area contributed by atoms with Gasteiger partial charge in [0.2, 0.25) is 0 Å². The van der Waals surface area contributed by atoms with Crippen molar-refractivity contribution in [3.8, 4) is 0 Å². The molecule has 3 aromatic rings. The lowest BCUT2D eigenvalue weighted by Crippen LogP contribution is -2.60. The summed E-state index contributed by atoms with van der Waals surface area (Å²) in [5.74, 6) is -0.150. The molecule has 0 saturated carbocycles. The van der Waals surface area contributed by atoms with Gasteiger partial charge >= 0.3 is 32.7 Å². The minimum Gasteiger partial charge on any atom is -0.394 e. The fourth-order valence-corrected chi connectivity index (χ4v) is 9.22. The molecule has 34 heteroatoms. The number of aliphatic hydroxyl groups excluding tert-OH is 5. The first kappa shape index (κ1) is 52.6. The first-order valence-electron chi connectivity index (χ1n) is 20.8. The normalized spacial score (nSPS) is 33.3. The second-order valence-electron chi connectivity index (χ2n) is 15.8. The molecule has 7 rings (SSSR count). The van der Waals surface area contributed by atoms with Gasteiger partial charge in [-0.3, -0.25) is 31.8 Å². The number of nitrogen functional groups attached to an aromatic ring is 3. The van der Waals surface area contributed by atoms with E-state index in [2.05, 4.69) is 15.0 Å². The number of anilines is 3. The molecular weight excluding hydrogens is 976 g/mol. The number of aromatic nitrogens is 6. The molecule has 4 aliphatic rings. The van der Waals surface area contributed by atoms with Crippen LogP contribution < -0.4 is 34.3 Å². The molecule has 7 heterocycles. The van der Waals surface area contributed by atoms with E-state index in [4.69, 9.17) is 68.5 Å². The van der Waals surface area contributed by atoms with Crippen LogP contribution in [0.2, 0.25) is 0 Å². The van der Waals surface area contributed by atoms with Crippen molar-refractivity contribution in [3.63, 3.8) is 0 Å². The third kappa shape index (κ3) is 13.2. The van der Waals surface area contributed by atoms with Crippen LogP contribution in [-0.2, 0) is 60.4 Å². The molecule has 0 amide bonds. The number of nitrogens with zero attached hydrogens (tertiary/aromatic N) is 6. The zero-order valence-corrected chi connectivity index (χ0v) is 37.7.